The van der Waals surface area contributed by atoms with Crippen molar-refractivity contribution in [3.8, 4) is 0 Å². The largest absolute Gasteiger partial charge is 0.421 e. The molecule has 3 aromatic rings. The first-order valence-electron chi connectivity index (χ1n) is 8.57. The van der Waals surface area contributed by atoms with Crippen molar-refractivity contribution < 1.29 is 9.53 Å². The molecule has 0 N–H and O–H groups in total. The molecular weight excluding hydrogens is 336 g/mol. The van der Waals surface area contributed by atoms with E-state index in [1.54, 1.807) is 6.08 Å². The highest BCUT2D eigenvalue weighted by molar-refractivity contribution is 6.45. The molecular formula is C23H16N2O2. The zero-order valence-electron chi connectivity index (χ0n) is 14.4. The van der Waals surface area contributed by atoms with Crippen LogP contribution in [0.2, 0.25) is 0 Å². The smallest absolute Gasteiger partial charge is 0.364 e. The van der Waals surface area contributed by atoms with Gasteiger partial charge in [0.15, 0.2) is 5.71 Å². The van der Waals surface area contributed by atoms with Crippen LogP contribution in [-0.4, -0.2) is 17.4 Å². The van der Waals surface area contributed by atoms with Crippen LogP contribution in [0.25, 0.3) is 5.76 Å². The van der Waals surface area contributed by atoms with Gasteiger partial charge in [-0.25, -0.2) is 4.79 Å². The Bertz CT molecular complexity index is 996. The molecule has 1 aliphatic rings. The average Bonchev–Trinajstić information content (AvgIpc) is 3.11. The van der Waals surface area contributed by atoms with Gasteiger partial charge in [0.2, 0.25) is 0 Å². The number of benzene rings is 3. The van der Waals surface area contributed by atoms with E-state index in [2.05, 4.69) is 10.2 Å². The fraction of sp³-hybridized carbons (Fsp3) is 0. The van der Waals surface area contributed by atoms with Crippen molar-refractivity contribution in [3.05, 3.63) is 114 Å². The van der Waals surface area contributed by atoms with Crippen molar-refractivity contribution in [2.75, 3.05) is 0 Å². The quantitative estimate of drug-likeness (QED) is 0.395. The van der Waals surface area contributed by atoms with Gasteiger partial charge in [0.1, 0.15) is 11.5 Å². The Balaban J connectivity index is 1.73. The molecule has 0 radical (unpaired) electrons. The van der Waals surface area contributed by atoms with Crippen LogP contribution in [0.4, 0.5) is 0 Å². The molecule has 1 aliphatic heterocycles. The number of hydrogen-bond acceptors (Lipinski definition) is 4. The van der Waals surface area contributed by atoms with E-state index in [1.807, 2.05) is 91.0 Å². The topological polar surface area (TPSA) is 51.0 Å². The minimum Gasteiger partial charge on any atom is -0.421 e. The lowest BCUT2D eigenvalue weighted by molar-refractivity contribution is -0.128. The van der Waals surface area contributed by atoms with E-state index in [0.29, 0.717) is 11.5 Å². The molecule has 0 saturated carbocycles. The summed E-state index contributed by atoms with van der Waals surface area (Å²) >= 11 is 0. The highest BCUT2D eigenvalue weighted by Crippen LogP contribution is 2.21. The average molecular weight is 352 g/mol. The summed E-state index contributed by atoms with van der Waals surface area (Å²) in [5, 5.41) is 8.57. The first-order chi connectivity index (χ1) is 13.3. The molecule has 0 unspecified atom stereocenters. The van der Waals surface area contributed by atoms with E-state index in [4.69, 9.17) is 4.74 Å². The van der Waals surface area contributed by atoms with E-state index >= 15 is 0 Å². The molecule has 0 aliphatic carbocycles. The summed E-state index contributed by atoms with van der Waals surface area (Å²) in [6.07, 6.45) is 1.62. The first-order valence-corrected chi connectivity index (χ1v) is 8.57. The van der Waals surface area contributed by atoms with Gasteiger partial charge in [0, 0.05) is 22.8 Å². The molecule has 0 spiro atoms. The highest BCUT2D eigenvalue weighted by atomic mass is 16.5. The van der Waals surface area contributed by atoms with E-state index in [9.17, 15) is 4.79 Å². The van der Waals surface area contributed by atoms with Gasteiger partial charge >= 0.3 is 5.97 Å². The number of hydrogen-bond donors (Lipinski definition) is 0. The molecule has 0 fully saturated rings. The molecule has 0 aromatic heterocycles. The molecule has 0 amide bonds. The molecule has 0 atom stereocenters. The Labute approximate surface area is 157 Å². The van der Waals surface area contributed by atoms with Crippen LogP contribution >= 0.6 is 0 Å². The normalized spacial score (nSPS) is 14.6. The van der Waals surface area contributed by atoms with Gasteiger partial charge in [0.05, 0.1) is 0 Å². The Morgan fingerprint density at radius 1 is 0.704 bits per heavy atom. The molecule has 1 heterocycles. The van der Waals surface area contributed by atoms with Crippen LogP contribution in [0.1, 0.15) is 16.7 Å². The van der Waals surface area contributed by atoms with Crippen LogP contribution in [0.3, 0.4) is 0 Å². The molecule has 3 aromatic carbocycles. The zero-order chi connectivity index (χ0) is 18.5. The zero-order valence-corrected chi connectivity index (χ0v) is 14.4. The molecule has 0 saturated heterocycles. The third kappa shape index (κ3) is 3.75. The monoisotopic (exact) mass is 352 g/mol. The highest BCUT2D eigenvalue weighted by Gasteiger charge is 2.23. The van der Waals surface area contributed by atoms with E-state index < -0.39 is 5.97 Å². The van der Waals surface area contributed by atoms with Gasteiger partial charge in [-0.05, 0) is 0 Å². The lowest BCUT2D eigenvalue weighted by atomic mass is 10.0. The van der Waals surface area contributed by atoms with E-state index in [0.717, 1.165) is 16.7 Å². The summed E-state index contributed by atoms with van der Waals surface area (Å²) in [5.74, 6) is -0.0198. The fourth-order valence-corrected chi connectivity index (χ4v) is 2.76. The number of rotatable bonds is 4. The number of ether oxygens (including phenoxy) is 1. The summed E-state index contributed by atoms with van der Waals surface area (Å²) in [6.45, 7) is 0. The van der Waals surface area contributed by atoms with Gasteiger partial charge in [-0.1, -0.05) is 91.0 Å². The summed E-state index contributed by atoms with van der Waals surface area (Å²) in [4.78, 5) is 12.2. The summed E-state index contributed by atoms with van der Waals surface area (Å²) in [6, 6.07) is 29.0. The van der Waals surface area contributed by atoms with E-state index in [1.165, 1.54) is 0 Å². The molecule has 4 nitrogen and oxygen atoms in total. The molecule has 0 bridgehead atoms. The molecule has 4 heteroatoms. The van der Waals surface area contributed by atoms with Crippen molar-refractivity contribution >= 4 is 23.2 Å². The van der Waals surface area contributed by atoms with Crippen LogP contribution < -0.4 is 0 Å². The maximum atomic E-state index is 12.2. The minimum absolute atomic E-state index is 0.179. The Morgan fingerprint density at radius 3 is 1.78 bits per heavy atom. The van der Waals surface area contributed by atoms with Crippen molar-refractivity contribution in [3.63, 3.8) is 0 Å². The lowest BCUT2D eigenvalue weighted by Gasteiger charge is -2.05. The van der Waals surface area contributed by atoms with Gasteiger partial charge in [-0.2, -0.15) is 0 Å². The third-order valence-electron chi connectivity index (χ3n) is 4.09. The standard InChI is InChI=1S/C23H16N2O2/c26-23-20(16-21(27-23)17-10-4-1-5-11-17)24-25-22(18-12-6-2-7-13-18)19-14-8-3-9-15-19/h1-16H/b24-20-. The van der Waals surface area contributed by atoms with Gasteiger partial charge in [-0.3, -0.25) is 0 Å². The predicted molar refractivity (Wildman–Crippen MR) is 106 cm³/mol. The molecule has 4 rings (SSSR count). The van der Waals surface area contributed by atoms with Crippen LogP contribution in [-0.2, 0) is 9.53 Å². The van der Waals surface area contributed by atoms with Crippen molar-refractivity contribution in [2.24, 2.45) is 10.2 Å². The number of carbonyl (C=O) groups excluding carboxylic acids is 1. The maximum absolute atomic E-state index is 12.2. The Kier molecular flexibility index (Phi) is 4.70. The first kappa shape index (κ1) is 16.7. The molecule has 27 heavy (non-hydrogen) atoms. The van der Waals surface area contributed by atoms with Gasteiger partial charge < -0.3 is 4.74 Å². The van der Waals surface area contributed by atoms with Crippen molar-refractivity contribution in [1.82, 2.24) is 0 Å². The van der Waals surface area contributed by atoms with E-state index in [-0.39, 0.29) is 5.71 Å². The lowest BCUT2D eigenvalue weighted by Crippen LogP contribution is -2.08. The summed E-state index contributed by atoms with van der Waals surface area (Å²) in [5.41, 5.74) is 3.54. The Morgan fingerprint density at radius 2 is 1.22 bits per heavy atom. The van der Waals surface area contributed by atoms with Crippen LogP contribution in [0.5, 0.6) is 0 Å². The second kappa shape index (κ2) is 7.62. The van der Waals surface area contributed by atoms with Crippen LogP contribution in [0.15, 0.2) is 107 Å². The third-order valence-corrected chi connectivity index (χ3v) is 4.09. The van der Waals surface area contributed by atoms with Crippen molar-refractivity contribution in [2.45, 2.75) is 0 Å². The Hall–Kier alpha value is -3.79. The number of cyclic esters (lactones) is 1. The maximum Gasteiger partial charge on any atom is 0.364 e. The van der Waals surface area contributed by atoms with Crippen molar-refractivity contribution in [1.29, 1.82) is 0 Å². The predicted octanol–water partition coefficient (Wildman–Crippen LogP) is 4.48. The van der Waals surface area contributed by atoms with Gasteiger partial charge in [-0.15, -0.1) is 10.2 Å². The number of carbonyl (C=O) groups is 1. The second-order valence-electron chi connectivity index (χ2n) is 5.93. The second-order valence-corrected chi connectivity index (χ2v) is 5.93. The summed E-state index contributed by atoms with van der Waals surface area (Å²) < 4.78 is 5.33. The number of nitrogens with zero attached hydrogens (tertiary/aromatic N) is 2. The molecule has 130 valence electrons. The van der Waals surface area contributed by atoms with Gasteiger partial charge in [0.25, 0.3) is 0 Å². The minimum atomic E-state index is -0.502. The SMILES string of the molecule is O=C1OC(c2ccccc2)=C/C1=N/N=C(c1ccccc1)c1ccccc1. The number of esters is 1. The summed E-state index contributed by atoms with van der Waals surface area (Å²) in [7, 11) is 0. The fourth-order valence-electron chi connectivity index (χ4n) is 2.76. The van der Waals surface area contributed by atoms with Crippen LogP contribution in [0, 0.1) is 0 Å².